The number of rotatable bonds is 8. The van der Waals surface area contributed by atoms with Gasteiger partial charge in [0.15, 0.2) is 11.5 Å². The highest BCUT2D eigenvalue weighted by Crippen LogP contribution is 2.27. The molecule has 0 bridgehead atoms. The van der Waals surface area contributed by atoms with Crippen LogP contribution in [-0.2, 0) is 11.2 Å². The number of halogens is 1. The molecule has 2 aromatic rings. The van der Waals surface area contributed by atoms with E-state index >= 15 is 0 Å². The molecular formula is C19H21ClN2O4. The van der Waals surface area contributed by atoms with Crippen LogP contribution in [0, 0.1) is 0 Å². The summed E-state index contributed by atoms with van der Waals surface area (Å²) in [6.45, 7) is 2.42. The number of hydrazone groups is 1. The fourth-order valence-electron chi connectivity index (χ4n) is 2.25. The molecule has 0 saturated carbocycles. The Labute approximate surface area is 157 Å². The Morgan fingerprint density at radius 1 is 1.15 bits per heavy atom. The van der Waals surface area contributed by atoms with E-state index in [4.69, 9.17) is 25.8 Å². The van der Waals surface area contributed by atoms with Gasteiger partial charge < -0.3 is 14.2 Å². The summed E-state index contributed by atoms with van der Waals surface area (Å²) in [4.78, 5) is 12.1. The molecule has 26 heavy (non-hydrogen) atoms. The highest BCUT2D eigenvalue weighted by atomic mass is 35.5. The van der Waals surface area contributed by atoms with E-state index in [1.807, 2.05) is 13.0 Å². The Morgan fingerprint density at radius 3 is 2.65 bits per heavy atom. The minimum atomic E-state index is -0.282. The van der Waals surface area contributed by atoms with E-state index in [1.54, 1.807) is 44.6 Å². The van der Waals surface area contributed by atoms with Gasteiger partial charge in [0.25, 0.3) is 0 Å². The van der Waals surface area contributed by atoms with Gasteiger partial charge in [-0.2, -0.15) is 5.10 Å². The number of amides is 1. The van der Waals surface area contributed by atoms with Gasteiger partial charge in [-0.25, -0.2) is 5.43 Å². The molecule has 6 nitrogen and oxygen atoms in total. The van der Waals surface area contributed by atoms with E-state index in [-0.39, 0.29) is 12.3 Å². The quantitative estimate of drug-likeness (QED) is 0.566. The minimum Gasteiger partial charge on any atom is -0.497 e. The van der Waals surface area contributed by atoms with Crippen molar-refractivity contribution in [1.29, 1.82) is 0 Å². The third-order valence-electron chi connectivity index (χ3n) is 3.49. The van der Waals surface area contributed by atoms with Gasteiger partial charge in [-0.1, -0.05) is 11.6 Å². The van der Waals surface area contributed by atoms with Gasteiger partial charge in [0.1, 0.15) is 5.75 Å². The van der Waals surface area contributed by atoms with Gasteiger partial charge in [-0.3, -0.25) is 4.79 Å². The molecule has 0 fully saturated rings. The lowest BCUT2D eigenvalue weighted by molar-refractivity contribution is -0.120. The molecule has 0 aliphatic rings. The lowest BCUT2D eigenvalue weighted by Crippen LogP contribution is -2.20. The molecule has 0 aliphatic heterocycles. The van der Waals surface area contributed by atoms with Gasteiger partial charge in [-0.15, -0.1) is 0 Å². The smallest absolute Gasteiger partial charge is 0.244 e. The second kappa shape index (κ2) is 9.68. The molecule has 0 spiro atoms. The van der Waals surface area contributed by atoms with Gasteiger partial charge in [-0.05, 0) is 54.4 Å². The van der Waals surface area contributed by atoms with E-state index in [0.29, 0.717) is 34.4 Å². The Kier molecular flexibility index (Phi) is 7.29. The monoisotopic (exact) mass is 376 g/mol. The van der Waals surface area contributed by atoms with Crippen LogP contribution >= 0.6 is 11.6 Å². The van der Waals surface area contributed by atoms with E-state index in [9.17, 15) is 4.79 Å². The van der Waals surface area contributed by atoms with Crippen molar-refractivity contribution in [3.8, 4) is 17.2 Å². The summed E-state index contributed by atoms with van der Waals surface area (Å²) in [6.07, 6.45) is 1.63. The molecule has 7 heteroatoms. The zero-order valence-corrected chi connectivity index (χ0v) is 15.7. The zero-order chi connectivity index (χ0) is 18.9. The van der Waals surface area contributed by atoms with Crippen LogP contribution in [-0.4, -0.2) is 32.9 Å². The molecule has 0 aliphatic carbocycles. The Morgan fingerprint density at radius 2 is 1.96 bits per heavy atom. The zero-order valence-electron chi connectivity index (χ0n) is 14.9. The number of hydrogen-bond acceptors (Lipinski definition) is 5. The number of carbonyl (C=O) groups is 1. The number of hydrogen-bond donors (Lipinski definition) is 1. The van der Waals surface area contributed by atoms with Crippen LogP contribution in [0.2, 0.25) is 5.02 Å². The van der Waals surface area contributed by atoms with Crippen molar-refractivity contribution in [3.63, 3.8) is 0 Å². The minimum absolute atomic E-state index is 0.0974. The average Bonchev–Trinajstić information content (AvgIpc) is 2.64. The van der Waals surface area contributed by atoms with E-state index in [2.05, 4.69) is 10.5 Å². The third kappa shape index (κ3) is 5.39. The molecule has 0 aromatic heterocycles. The first-order valence-electron chi connectivity index (χ1n) is 8.02. The van der Waals surface area contributed by atoms with Crippen molar-refractivity contribution >= 4 is 23.7 Å². The first kappa shape index (κ1) is 19.6. The number of nitrogens with one attached hydrogen (secondary N) is 1. The predicted molar refractivity (Wildman–Crippen MR) is 102 cm³/mol. The average molecular weight is 377 g/mol. The molecule has 0 atom stereocenters. The topological polar surface area (TPSA) is 69.2 Å². The highest BCUT2D eigenvalue weighted by Gasteiger charge is 2.08. The Balaban J connectivity index is 1.99. The number of ether oxygens (including phenoxy) is 3. The van der Waals surface area contributed by atoms with Crippen LogP contribution in [0.15, 0.2) is 41.5 Å². The van der Waals surface area contributed by atoms with Crippen molar-refractivity contribution < 1.29 is 19.0 Å². The van der Waals surface area contributed by atoms with Crippen LogP contribution < -0.4 is 19.6 Å². The summed E-state index contributed by atoms with van der Waals surface area (Å²) in [7, 11) is 3.14. The SMILES string of the molecule is CCOc1cc(/C=N/NC(=O)Cc2cc(OC)ccc2Cl)ccc1OC. The van der Waals surface area contributed by atoms with E-state index in [1.165, 1.54) is 6.21 Å². The molecule has 2 rings (SSSR count). The molecule has 0 heterocycles. The van der Waals surface area contributed by atoms with Crippen LogP contribution in [0.3, 0.4) is 0 Å². The summed E-state index contributed by atoms with van der Waals surface area (Å²) >= 11 is 6.10. The van der Waals surface area contributed by atoms with Crippen molar-refractivity contribution in [2.75, 3.05) is 20.8 Å². The van der Waals surface area contributed by atoms with Crippen molar-refractivity contribution in [1.82, 2.24) is 5.43 Å². The van der Waals surface area contributed by atoms with Crippen molar-refractivity contribution in [2.24, 2.45) is 5.10 Å². The summed E-state index contributed by atoms with van der Waals surface area (Å²) < 4.78 is 15.9. The van der Waals surface area contributed by atoms with Gasteiger partial charge >= 0.3 is 0 Å². The van der Waals surface area contributed by atoms with E-state index < -0.39 is 0 Å². The normalized spacial score (nSPS) is 10.6. The molecule has 0 unspecified atom stereocenters. The molecular weight excluding hydrogens is 356 g/mol. The van der Waals surface area contributed by atoms with Crippen LogP contribution in [0.4, 0.5) is 0 Å². The fourth-order valence-corrected chi connectivity index (χ4v) is 2.43. The molecule has 0 saturated heterocycles. The van der Waals surface area contributed by atoms with Crippen LogP contribution in [0.5, 0.6) is 17.2 Å². The molecule has 138 valence electrons. The van der Waals surface area contributed by atoms with Crippen molar-refractivity contribution in [2.45, 2.75) is 13.3 Å². The standard InChI is InChI=1S/C19H21ClN2O4/c1-4-26-18-9-13(5-8-17(18)25-3)12-21-22-19(23)11-14-10-15(24-2)6-7-16(14)20/h5-10,12H,4,11H2,1-3H3,(H,22,23)/b21-12+. The predicted octanol–water partition coefficient (Wildman–Crippen LogP) is 3.45. The number of benzene rings is 2. The van der Waals surface area contributed by atoms with Gasteiger partial charge in [0.2, 0.25) is 5.91 Å². The van der Waals surface area contributed by atoms with Gasteiger partial charge in [0, 0.05) is 5.02 Å². The Hall–Kier alpha value is -2.73. The summed E-state index contributed by atoms with van der Waals surface area (Å²) in [5, 5.41) is 4.47. The maximum absolute atomic E-state index is 12.1. The van der Waals surface area contributed by atoms with Crippen molar-refractivity contribution in [3.05, 3.63) is 52.5 Å². The lowest BCUT2D eigenvalue weighted by atomic mass is 10.1. The van der Waals surface area contributed by atoms with Crippen LogP contribution in [0.25, 0.3) is 0 Å². The molecule has 1 amide bonds. The number of methoxy groups -OCH3 is 2. The summed E-state index contributed by atoms with van der Waals surface area (Å²) in [6, 6.07) is 10.5. The first-order valence-corrected chi connectivity index (χ1v) is 8.40. The highest BCUT2D eigenvalue weighted by molar-refractivity contribution is 6.31. The summed E-state index contributed by atoms with van der Waals surface area (Å²) in [5.74, 6) is 1.62. The fraction of sp³-hybridized carbons (Fsp3) is 0.263. The molecule has 1 N–H and O–H groups in total. The number of carbonyl (C=O) groups excluding carboxylic acids is 1. The second-order valence-corrected chi connectivity index (χ2v) is 5.68. The largest absolute Gasteiger partial charge is 0.497 e. The first-order chi connectivity index (χ1) is 12.6. The number of nitrogens with zero attached hydrogens (tertiary/aromatic N) is 1. The second-order valence-electron chi connectivity index (χ2n) is 5.27. The van der Waals surface area contributed by atoms with Gasteiger partial charge in [0.05, 0.1) is 33.5 Å². The Bertz CT molecular complexity index is 793. The molecule has 2 aromatic carbocycles. The third-order valence-corrected chi connectivity index (χ3v) is 3.86. The maximum Gasteiger partial charge on any atom is 0.244 e. The lowest BCUT2D eigenvalue weighted by Gasteiger charge is -2.09. The summed E-state index contributed by atoms with van der Waals surface area (Å²) in [5.41, 5.74) is 3.92. The van der Waals surface area contributed by atoms with Crippen LogP contribution in [0.1, 0.15) is 18.1 Å². The molecule has 0 radical (unpaired) electrons. The maximum atomic E-state index is 12.1. The van der Waals surface area contributed by atoms with E-state index in [0.717, 1.165) is 5.56 Å².